The number of morpholine rings is 1. The van der Waals surface area contributed by atoms with Gasteiger partial charge in [-0.25, -0.2) is 15.0 Å². The number of halogens is 1. The van der Waals surface area contributed by atoms with Gasteiger partial charge in [0, 0.05) is 30.2 Å². The smallest absolute Gasteiger partial charge is 0.217 e. The SMILES string of the molecule is O=CC1c2cc(Cl)ccc2N(N2CCOCC2)C2=NCCN21. The number of carbonyl (C=O) groups excluding carboxylic acids is 1. The molecule has 0 aromatic heterocycles. The Labute approximate surface area is 133 Å². The van der Waals surface area contributed by atoms with Gasteiger partial charge < -0.3 is 14.4 Å². The number of ether oxygens (including phenoxy) is 1. The summed E-state index contributed by atoms with van der Waals surface area (Å²) in [6.07, 6.45) is 0.979. The fourth-order valence-corrected chi connectivity index (χ4v) is 3.49. The number of hydrogen-bond donors (Lipinski definition) is 0. The highest BCUT2D eigenvalue weighted by Gasteiger charge is 2.40. The van der Waals surface area contributed by atoms with Crippen molar-refractivity contribution in [3.05, 3.63) is 28.8 Å². The average Bonchev–Trinajstić information content (AvgIpc) is 3.02. The van der Waals surface area contributed by atoms with Crippen LogP contribution in [0.5, 0.6) is 0 Å². The zero-order valence-electron chi connectivity index (χ0n) is 12.1. The van der Waals surface area contributed by atoms with Crippen molar-refractivity contribution in [2.24, 2.45) is 4.99 Å². The summed E-state index contributed by atoms with van der Waals surface area (Å²) >= 11 is 6.16. The first-order chi connectivity index (χ1) is 10.8. The van der Waals surface area contributed by atoms with E-state index in [9.17, 15) is 4.79 Å². The molecular formula is C15H17ClN4O2. The van der Waals surface area contributed by atoms with Crippen LogP contribution in [0.25, 0.3) is 0 Å². The molecule has 4 rings (SSSR count). The van der Waals surface area contributed by atoms with Crippen molar-refractivity contribution in [2.45, 2.75) is 6.04 Å². The lowest BCUT2D eigenvalue weighted by molar-refractivity contribution is -0.111. The highest BCUT2D eigenvalue weighted by molar-refractivity contribution is 6.30. The first-order valence-electron chi connectivity index (χ1n) is 7.48. The van der Waals surface area contributed by atoms with Gasteiger partial charge in [-0.05, 0) is 18.2 Å². The third-order valence-electron chi connectivity index (χ3n) is 4.31. The van der Waals surface area contributed by atoms with Gasteiger partial charge in [-0.2, -0.15) is 0 Å². The molecule has 3 aliphatic rings. The van der Waals surface area contributed by atoms with Crippen LogP contribution in [0.3, 0.4) is 0 Å². The second-order valence-electron chi connectivity index (χ2n) is 5.54. The summed E-state index contributed by atoms with van der Waals surface area (Å²) in [5.41, 5.74) is 1.93. The van der Waals surface area contributed by atoms with Crippen LogP contribution in [0.1, 0.15) is 11.6 Å². The van der Waals surface area contributed by atoms with E-state index in [1.165, 1.54) is 0 Å². The number of aliphatic imine (C=N–C) groups is 1. The number of anilines is 1. The van der Waals surface area contributed by atoms with Crippen molar-refractivity contribution < 1.29 is 9.53 Å². The zero-order valence-corrected chi connectivity index (χ0v) is 12.9. The van der Waals surface area contributed by atoms with Crippen LogP contribution < -0.4 is 5.01 Å². The summed E-state index contributed by atoms with van der Waals surface area (Å²) < 4.78 is 5.45. The summed E-state index contributed by atoms with van der Waals surface area (Å²) in [6, 6.07) is 5.41. The van der Waals surface area contributed by atoms with E-state index in [1.54, 1.807) is 0 Å². The molecule has 3 heterocycles. The predicted molar refractivity (Wildman–Crippen MR) is 84.1 cm³/mol. The lowest BCUT2D eigenvalue weighted by Gasteiger charge is -2.46. The number of benzene rings is 1. The molecule has 0 amide bonds. The maximum Gasteiger partial charge on any atom is 0.217 e. The second-order valence-corrected chi connectivity index (χ2v) is 5.97. The van der Waals surface area contributed by atoms with E-state index in [4.69, 9.17) is 16.3 Å². The quantitative estimate of drug-likeness (QED) is 0.769. The monoisotopic (exact) mass is 320 g/mol. The van der Waals surface area contributed by atoms with E-state index in [2.05, 4.69) is 19.9 Å². The molecule has 22 heavy (non-hydrogen) atoms. The second kappa shape index (κ2) is 5.53. The minimum absolute atomic E-state index is 0.313. The summed E-state index contributed by atoms with van der Waals surface area (Å²) in [6.45, 7) is 4.47. The lowest BCUT2D eigenvalue weighted by Crippen LogP contribution is -2.58. The van der Waals surface area contributed by atoms with E-state index in [0.717, 1.165) is 43.1 Å². The van der Waals surface area contributed by atoms with Crippen molar-refractivity contribution >= 4 is 29.5 Å². The minimum atomic E-state index is -0.313. The molecule has 0 radical (unpaired) electrons. The standard InChI is InChI=1S/C15H17ClN4O2/c16-11-1-2-13-12(9-11)14(10-21)19-4-3-17-15(19)20(13)18-5-7-22-8-6-18/h1-2,9-10,14H,3-8H2. The molecule has 3 aliphatic heterocycles. The molecule has 0 bridgehead atoms. The predicted octanol–water partition coefficient (Wildman–Crippen LogP) is 1.32. The Morgan fingerprint density at radius 1 is 1.27 bits per heavy atom. The Morgan fingerprint density at radius 3 is 2.86 bits per heavy atom. The topological polar surface area (TPSA) is 48.4 Å². The van der Waals surface area contributed by atoms with Gasteiger partial charge >= 0.3 is 0 Å². The molecule has 116 valence electrons. The highest BCUT2D eigenvalue weighted by atomic mass is 35.5. The molecular weight excluding hydrogens is 304 g/mol. The fraction of sp³-hybridized carbons (Fsp3) is 0.467. The van der Waals surface area contributed by atoms with Crippen molar-refractivity contribution in [1.29, 1.82) is 0 Å². The molecule has 1 saturated heterocycles. The van der Waals surface area contributed by atoms with Crippen LogP contribution in [-0.2, 0) is 9.53 Å². The van der Waals surface area contributed by atoms with E-state index in [1.807, 2.05) is 18.2 Å². The van der Waals surface area contributed by atoms with Gasteiger partial charge in [0.1, 0.15) is 12.3 Å². The number of rotatable bonds is 2. The number of aldehydes is 1. The average molecular weight is 321 g/mol. The highest BCUT2D eigenvalue weighted by Crippen LogP contribution is 2.39. The van der Waals surface area contributed by atoms with Crippen LogP contribution >= 0.6 is 11.6 Å². The molecule has 1 atom stereocenters. The molecule has 0 spiro atoms. The maximum atomic E-state index is 11.7. The fourth-order valence-electron chi connectivity index (χ4n) is 3.31. The molecule has 7 heteroatoms. The molecule has 0 aliphatic carbocycles. The van der Waals surface area contributed by atoms with E-state index < -0.39 is 0 Å². The molecule has 1 aromatic rings. The van der Waals surface area contributed by atoms with Gasteiger partial charge in [0.25, 0.3) is 0 Å². The van der Waals surface area contributed by atoms with E-state index in [-0.39, 0.29) is 6.04 Å². The van der Waals surface area contributed by atoms with Gasteiger partial charge in [0.15, 0.2) is 0 Å². The van der Waals surface area contributed by atoms with Crippen molar-refractivity contribution in [1.82, 2.24) is 9.91 Å². The molecule has 0 saturated carbocycles. The maximum absolute atomic E-state index is 11.7. The first kappa shape index (κ1) is 14.0. The zero-order chi connectivity index (χ0) is 15.1. The summed E-state index contributed by atoms with van der Waals surface area (Å²) in [5.74, 6) is 0.855. The van der Waals surface area contributed by atoms with Crippen LogP contribution in [0.2, 0.25) is 5.02 Å². The molecule has 6 nitrogen and oxygen atoms in total. The molecule has 1 fully saturated rings. The van der Waals surface area contributed by atoms with Crippen LogP contribution in [0.15, 0.2) is 23.2 Å². The number of hydrazine groups is 1. The summed E-state index contributed by atoms with van der Waals surface area (Å²) in [5, 5.41) is 5.00. The van der Waals surface area contributed by atoms with Crippen LogP contribution in [0, 0.1) is 0 Å². The Kier molecular flexibility index (Phi) is 3.52. The number of fused-ring (bicyclic) bond motifs is 2. The summed E-state index contributed by atoms with van der Waals surface area (Å²) in [7, 11) is 0. The Morgan fingerprint density at radius 2 is 2.09 bits per heavy atom. The number of guanidine groups is 1. The summed E-state index contributed by atoms with van der Waals surface area (Å²) in [4.78, 5) is 18.4. The molecule has 1 unspecified atom stereocenters. The van der Waals surface area contributed by atoms with Gasteiger partial charge in [-0.1, -0.05) is 11.6 Å². The lowest BCUT2D eigenvalue weighted by atomic mass is 10.0. The van der Waals surface area contributed by atoms with Gasteiger partial charge in [-0.15, -0.1) is 0 Å². The Hall–Kier alpha value is -1.63. The van der Waals surface area contributed by atoms with Gasteiger partial charge in [0.05, 0.1) is 25.4 Å². The van der Waals surface area contributed by atoms with Crippen LogP contribution in [-0.4, -0.2) is 61.5 Å². The van der Waals surface area contributed by atoms with Gasteiger partial charge in [-0.3, -0.25) is 0 Å². The first-order valence-corrected chi connectivity index (χ1v) is 7.86. The van der Waals surface area contributed by atoms with E-state index in [0.29, 0.717) is 24.8 Å². The molecule has 0 N–H and O–H groups in total. The normalized spacial score (nSPS) is 24.8. The largest absolute Gasteiger partial charge is 0.379 e. The van der Waals surface area contributed by atoms with Crippen LogP contribution in [0.4, 0.5) is 5.69 Å². The molecule has 1 aromatic carbocycles. The van der Waals surface area contributed by atoms with Crippen molar-refractivity contribution in [3.8, 4) is 0 Å². The Bertz CT molecular complexity index is 630. The third kappa shape index (κ3) is 2.10. The number of hydrogen-bond acceptors (Lipinski definition) is 6. The number of carbonyl (C=O) groups is 1. The van der Waals surface area contributed by atoms with Crippen molar-refractivity contribution in [2.75, 3.05) is 44.4 Å². The van der Waals surface area contributed by atoms with Crippen molar-refractivity contribution in [3.63, 3.8) is 0 Å². The number of nitrogens with zero attached hydrogens (tertiary/aromatic N) is 4. The van der Waals surface area contributed by atoms with Gasteiger partial charge in [0.2, 0.25) is 5.96 Å². The van der Waals surface area contributed by atoms with E-state index >= 15 is 0 Å². The third-order valence-corrected chi connectivity index (χ3v) is 4.55. The Balaban J connectivity index is 1.83. The minimum Gasteiger partial charge on any atom is -0.379 e.